The number of nitrogens with one attached hydrogen (secondary N) is 1. The average Bonchev–Trinajstić information content (AvgIpc) is 2.77. The number of aromatic nitrogens is 2. The highest BCUT2D eigenvalue weighted by atomic mass is 19.1. The molecule has 0 saturated carbocycles. The van der Waals surface area contributed by atoms with Gasteiger partial charge in [0.15, 0.2) is 0 Å². The second kappa shape index (κ2) is 5.93. The summed E-state index contributed by atoms with van der Waals surface area (Å²) in [6.07, 6.45) is 0. The minimum atomic E-state index is -0.261. The van der Waals surface area contributed by atoms with Gasteiger partial charge in [-0.25, -0.2) is 4.39 Å². The van der Waals surface area contributed by atoms with Crippen molar-refractivity contribution >= 4 is 0 Å². The van der Waals surface area contributed by atoms with Crippen LogP contribution in [0.4, 0.5) is 4.39 Å². The molecule has 19 heavy (non-hydrogen) atoms. The highest BCUT2D eigenvalue weighted by Gasteiger charge is 2.11. The number of halogens is 1. The van der Waals surface area contributed by atoms with Gasteiger partial charge in [-0.3, -0.25) is 0 Å². The largest absolute Gasteiger partial charge is 0.338 e. The average molecular weight is 263 g/mol. The Morgan fingerprint density at radius 2 is 2.16 bits per heavy atom. The molecule has 1 heterocycles. The number of rotatable bonds is 5. The van der Waals surface area contributed by atoms with E-state index in [9.17, 15) is 4.39 Å². The van der Waals surface area contributed by atoms with Gasteiger partial charge in [-0.15, -0.1) is 0 Å². The fourth-order valence-electron chi connectivity index (χ4n) is 1.78. The normalized spacial score (nSPS) is 11.2. The van der Waals surface area contributed by atoms with Gasteiger partial charge in [0.2, 0.25) is 11.7 Å². The summed E-state index contributed by atoms with van der Waals surface area (Å²) in [5, 5.41) is 7.16. The summed E-state index contributed by atoms with van der Waals surface area (Å²) >= 11 is 0. The molecule has 5 heteroatoms. The molecule has 0 unspecified atom stereocenters. The molecule has 0 atom stereocenters. The Labute approximate surface area is 112 Å². The van der Waals surface area contributed by atoms with Gasteiger partial charge in [-0.05, 0) is 43.1 Å². The molecule has 0 radical (unpaired) electrons. The highest BCUT2D eigenvalue weighted by molar-refractivity contribution is 5.59. The molecule has 102 valence electrons. The van der Waals surface area contributed by atoms with Gasteiger partial charge in [0.25, 0.3) is 0 Å². The van der Waals surface area contributed by atoms with Gasteiger partial charge in [-0.2, -0.15) is 4.98 Å². The third kappa shape index (κ3) is 3.61. The van der Waals surface area contributed by atoms with Crippen molar-refractivity contribution in [3.8, 4) is 11.4 Å². The van der Waals surface area contributed by atoms with Crippen LogP contribution in [0.2, 0.25) is 0 Å². The van der Waals surface area contributed by atoms with E-state index in [2.05, 4.69) is 29.3 Å². The summed E-state index contributed by atoms with van der Waals surface area (Å²) < 4.78 is 18.2. The summed E-state index contributed by atoms with van der Waals surface area (Å²) in [6.45, 7) is 7.53. The molecule has 1 aromatic heterocycles. The van der Waals surface area contributed by atoms with Crippen LogP contribution in [0.5, 0.6) is 0 Å². The predicted octanol–water partition coefficient (Wildman–Crippen LogP) is 2.93. The Hall–Kier alpha value is -1.75. The Balaban J connectivity index is 2.08. The van der Waals surface area contributed by atoms with Crippen molar-refractivity contribution < 1.29 is 8.91 Å². The molecule has 0 saturated heterocycles. The van der Waals surface area contributed by atoms with E-state index in [1.54, 1.807) is 6.07 Å². The molecule has 0 spiro atoms. The van der Waals surface area contributed by atoms with Crippen molar-refractivity contribution in [2.24, 2.45) is 5.92 Å². The lowest BCUT2D eigenvalue weighted by atomic mass is 10.1. The van der Waals surface area contributed by atoms with Crippen LogP contribution in [-0.4, -0.2) is 16.7 Å². The molecule has 1 N–H and O–H groups in total. The van der Waals surface area contributed by atoms with Gasteiger partial charge >= 0.3 is 0 Å². The molecule has 2 aromatic rings. The zero-order chi connectivity index (χ0) is 13.8. The quantitative estimate of drug-likeness (QED) is 0.901. The second-order valence-corrected chi connectivity index (χ2v) is 5.00. The molecule has 0 aliphatic carbocycles. The second-order valence-electron chi connectivity index (χ2n) is 5.00. The maximum atomic E-state index is 13.0. The molecule has 0 aliphatic rings. The minimum absolute atomic E-state index is 0.261. The third-order valence-corrected chi connectivity index (χ3v) is 2.73. The van der Waals surface area contributed by atoms with Crippen LogP contribution < -0.4 is 5.32 Å². The maximum absolute atomic E-state index is 13.0. The van der Waals surface area contributed by atoms with Crippen LogP contribution in [-0.2, 0) is 6.54 Å². The van der Waals surface area contributed by atoms with Crippen molar-refractivity contribution in [2.75, 3.05) is 6.54 Å². The van der Waals surface area contributed by atoms with Crippen molar-refractivity contribution in [3.05, 3.63) is 35.5 Å². The molecule has 4 nitrogen and oxygen atoms in total. The van der Waals surface area contributed by atoms with Crippen LogP contribution in [0.1, 0.15) is 25.3 Å². The van der Waals surface area contributed by atoms with E-state index in [-0.39, 0.29) is 5.82 Å². The van der Waals surface area contributed by atoms with Gasteiger partial charge in [0.1, 0.15) is 5.82 Å². The smallest absolute Gasteiger partial charge is 0.240 e. The maximum Gasteiger partial charge on any atom is 0.240 e. The molecule has 1 aromatic carbocycles. The van der Waals surface area contributed by atoms with Gasteiger partial charge in [-0.1, -0.05) is 19.0 Å². The van der Waals surface area contributed by atoms with Gasteiger partial charge < -0.3 is 9.84 Å². The number of benzene rings is 1. The van der Waals surface area contributed by atoms with E-state index in [1.165, 1.54) is 12.1 Å². The van der Waals surface area contributed by atoms with E-state index in [1.807, 2.05) is 6.92 Å². The molecular weight excluding hydrogens is 245 g/mol. The Bertz CT molecular complexity index is 551. The number of hydrogen-bond donors (Lipinski definition) is 1. The molecular formula is C14H18FN3O. The monoisotopic (exact) mass is 263 g/mol. The molecule has 0 amide bonds. The van der Waals surface area contributed by atoms with Crippen LogP contribution in [0.3, 0.4) is 0 Å². The topological polar surface area (TPSA) is 51.0 Å². The molecule has 2 rings (SSSR count). The Morgan fingerprint density at radius 1 is 1.37 bits per heavy atom. The van der Waals surface area contributed by atoms with E-state index < -0.39 is 0 Å². The molecule has 0 aliphatic heterocycles. The zero-order valence-electron chi connectivity index (χ0n) is 11.4. The first-order chi connectivity index (χ1) is 9.06. The fourth-order valence-corrected chi connectivity index (χ4v) is 1.78. The van der Waals surface area contributed by atoms with Crippen molar-refractivity contribution in [3.63, 3.8) is 0 Å². The number of hydrogen-bond acceptors (Lipinski definition) is 4. The van der Waals surface area contributed by atoms with Crippen LogP contribution in [0.25, 0.3) is 11.4 Å². The molecule has 0 fully saturated rings. The van der Waals surface area contributed by atoms with E-state index in [4.69, 9.17) is 4.52 Å². The lowest BCUT2D eigenvalue weighted by Crippen LogP contribution is -2.19. The lowest BCUT2D eigenvalue weighted by Gasteiger charge is -2.03. The lowest BCUT2D eigenvalue weighted by molar-refractivity contribution is 0.364. The van der Waals surface area contributed by atoms with Gasteiger partial charge in [0.05, 0.1) is 6.54 Å². The standard InChI is InChI=1S/C14H18FN3O/c1-9(2)7-16-8-13-17-14(18-19-13)12-5-4-11(15)6-10(12)3/h4-6,9,16H,7-8H2,1-3H3. The Kier molecular flexibility index (Phi) is 4.27. The van der Waals surface area contributed by atoms with E-state index >= 15 is 0 Å². The van der Waals surface area contributed by atoms with Crippen LogP contribution >= 0.6 is 0 Å². The van der Waals surface area contributed by atoms with Crippen molar-refractivity contribution in [1.82, 2.24) is 15.5 Å². The fraction of sp³-hybridized carbons (Fsp3) is 0.429. The number of aryl methyl sites for hydroxylation is 1. The third-order valence-electron chi connectivity index (χ3n) is 2.73. The van der Waals surface area contributed by atoms with E-state index in [0.717, 1.165) is 17.7 Å². The SMILES string of the molecule is Cc1cc(F)ccc1-c1noc(CNCC(C)C)n1. The van der Waals surface area contributed by atoms with Crippen molar-refractivity contribution in [1.29, 1.82) is 0 Å². The van der Waals surface area contributed by atoms with Gasteiger partial charge in [0, 0.05) is 5.56 Å². The summed E-state index contributed by atoms with van der Waals surface area (Å²) in [7, 11) is 0. The predicted molar refractivity (Wildman–Crippen MR) is 71.0 cm³/mol. The first-order valence-electron chi connectivity index (χ1n) is 6.36. The van der Waals surface area contributed by atoms with E-state index in [0.29, 0.717) is 24.2 Å². The summed E-state index contributed by atoms with van der Waals surface area (Å²) in [5.74, 6) is 1.35. The number of nitrogens with zero attached hydrogens (tertiary/aromatic N) is 2. The first-order valence-corrected chi connectivity index (χ1v) is 6.36. The summed E-state index contributed by atoms with van der Waals surface area (Å²) in [4.78, 5) is 4.31. The van der Waals surface area contributed by atoms with Crippen LogP contribution in [0.15, 0.2) is 22.7 Å². The Morgan fingerprint density at radius 3 is 2.84 bits per heavy atom. The minimum Gasteiger partial charge on any atom is -0.338 e. The first kappa shape index (κ1) is 13.7. The van der Waals surface area contributed by atoms with Crippen molar-refractivity contribution in [2.45, 2.75) is 27.3 Å². The summed E-state index contributed by atoms with van der Waals surface area (Å²) in [5.41, 5.74) is 1.59. The summed E-state index contributed by atoms with van der Waals surface area (Å²) in [6, 6.07) is 4.53. The molecule has 0 bridgehead atoms. The van der Waals surface area contributed by atoms with Crippen LogP contribution in [0, 0.1) is 18.7 Å². The zero-order valence-corrected chi connectivity index (χ0v) is 11.4. The highest BCUT2D eigenvalue weighted by Crippen LogP contribution is 2.21.